The molecule has 3 aromatic rings. The molecule has 0 spiro atoms. The van der Waals surface area contributed by atoms with E-state index in [9.17, 15) is 34.2 Å². The molecule has 1 fully saturated rings. The lowest BCUT2D eigenvalue weighted by molar-refractivity contribution is -0.123. The third kappa shape index (κ3) is 4.67. The molecule has 3 aliphatic carbocycles. The van der Waals surface area contributed by atoms with Crippen molar-refractivity contribution in [2.24, 2.45) is 17.8 Å². The number of aromatic carboxylic acids is 1. The highest BCUT2D eigenvalue weighted by atomic mass is 16.5. The molecule has 1 aliphatic heterocycles. The molecule has 4 aliphatic rings. The molecule has 1 heterocycles. The molecule has 3 aromatic carbocycles. The molecule has 2 N–H and O–H groups in total. The topological polar surface area (TPSA) is 138 Å². The average molecular weight is 616 g/mol. The Kier molecular flexibility index (Phi) is 7.04. The fourth-order valence-electron chi connectivity index (χ4n) is 7.35. The monoisotopic (exact) mass is 615 g/mol. The normalized spacial score (nSPS) is 23.8. The second-order valence-electron chi connectivity index (χ2n) is 12.1. The molecule has 2 amide bonds. The number of ketones is 2. The number of phenolic OH excluding ortho intramolecular Hbond substituents is 1. The van der Waals surface area contributed by atoms with E-state index >= 15 is 0 Å². The Labute approximate surface area is 264 Å². The largest absolute Gasteiger partial charge is 0.507 e. The first-order chi connectivity index (χ1) is 22.1. The lowest BCUT2D eigenvalue weighted by Gasteiger charge is -2.42. The maximum Gasteiger partial charge on any atom is 0.335 e. The quantitative estimate of drug-likeness (QED) is 0.216. The molecule has 46 heavy (non-hydrogen) atoms. The number of hydrogen-bond acceptors (Lipinski definition) is 7. The van der Waals surface area contributed by atoms with Gasteiger partial charge in [0, 0.05) is 34.3 Å². The van der Waals surface area contributed by atoms with Crippen molar-refractivity contribution in [1.82, 2.24) is 0 Å². The molecule has 4 atom stereocenters. The van der Waals surface area contributed by atoms with Crippen LogP contribution in [0.15, 0.2) is 107 Å². The van der Waals surface area contributed by atoms with Crippen LogP contribution in [0.1, 0.15) is 47.2 Å². The summed E-state index contributed by atoms with van der Waals surface area (Å²) in [7, 11) is 0. The van der Waals surface area contributed by atoms with Crippen LogP contribution in [-0.2, 0) is 25.8 Å². The van der Waals surface area contributed by atoms with Crippen molar-refractivity contribution in [3.63, 3.8) is 0 Å². The van der Waals surface area contributed by atoms with E-state index in [2.05, 4.69) is 0 Å². The smallest absolute Gasteiger partial charge is 0.335 e. The van der Waals surface area contributed by atoms with Crippen molar-refractivity contribution in [3.8, 4) is 11.5 Å². The van der Waals surface area contributed by atoms with Crippen molar-refractivity contribution in [2.75, 3.05) is 4.90 Å². The van der Waals surface area contributed by atoms with E-state index in [4.69, 9.17) is 4.74 Å². The Morgan fingerprint density at radius 2 is 1.72 bits per heavy atom. The van der Waals surface area contributed by atoms with Gasteiger partial charge < -0.3 is 14.9 Å². The van der Waals surface area contributed by atoms with Crippen LogP contribution in [0.5, 0.6) is 11.5 Å². The van der Waals surface area contributed by atoms with Gasteiger partial charge in [-0.2, -0.15) is 0 Å². The molecule has 0 bridgehead atoms. The Morgan fingerprint density at radius 1 is 0.935 bits per heavy atom. The molecular weight excluding hydrogens is 586 g/mol. The van der Waals surface area contributed by atoms with Crippen LogP contribution in [0.25, 0.3) is 0 Å². The number of carbonyl (C=O) groups excluding carboxylic acids is 4. The minimum atomic E-state index is -1.18. The number of aromatic hydroxyl groups is 1. The number of anilines is 1. The number of carbonyl (C=O) groups is 5. The second-order valence-corrected chi connectivity index (χ2v) is 12.1. The molecule has 0 saturated carbocycles. The van der Waals surface area contributed by atoms with Gasteiger partial charge in [-0.3, -0.25) is 24.1 Å². The number of Topliss-reactive ketones (excluding diaryl/α,β-unsaturated/α-hetero) is 1. The highest BCUT2D eigenvalue weighted by Gasteiger charge is 2.56. The fraction of sp³-hybridized carbons (Fsp3) is 0.216. The number of imide groups is 1. The van der Waals surface area contributed by atoms with Crippen molar-refractivity contribution < 1.29 is 38.9 Å². The molecule has 7 rings (SSSR count). The third-order valence-electron chi connectivity index (χ3n) is 9.48. The van der Waals surface area contributed by atoms with E-state index in [0.717, 1.165) is 10.5 Å². The zero-order valence-electron chi connectivity index (χ0n) is 24.8. The number of amides is 2. The van der Waals surface area contributed by atoms with E-state index in [1.807, 2.05) is 36.4 Å². The van der Waals surface area contributed by atoms with Crippen LogP contribution in [0.4, 0.5) is 5.69 Å². The standard InChI is InChI=1S/C37H29NO8/c1-19-14-29(39)28-17-27-24(12-13-26-32(27)36(43)38(35(26)42)22-9-5-8-21(15-22)37(44)45)31(33(28)34(19)41)25-11-10-23(16-30(25)40)46-18-20-6-3-2-4-7-20/h2-12,14-16,26-27,31-32,40H,13,17-18H2,1H3,(H,44,45)/t26-,27+,31+,32-/m0/s1. The van der Waals surface area contributed by atoms with Gasteiger partial charge in [0.05, 0.1) is 23.1 Å². The van der Waals surface area contributed by atoms with Gasteiger partial charge in [-0.15, -0.1) is 0 Å². The van der Waals surface area contributed by atoms with Crippen LogP contribution in [0.2, 0.25) is 0 Å². The summed E-state index contributed by atoms with van der Waals surface area (Å²) in [5.74, 6) is -5.39. The minimum absolute atomic E-state index is 0.0561. The maximum atomic E-state index is 14.1. The lowest BCUT2D eigenvalue weighted by atomic mass is 9.59. The first-order valence-electron chi connectivity index (χ1n) is 15.0. The highest BCUT2D eigenvalue weighted by Crippen LogP contribution is 2.56. The van der Waals surface area contributed by atoms with Crippen molar-refractivity contribution in [3.05, 3.63) is 124 Å². The van der Waals surface area contributed by atoms with Gasteiger partial charge in [0.25, 0.3) is 0 Å². The Hall–Kier alpha value is -5.57. The third-order valence-corrected chi connectivity index (χ3v) is 9.48. The number of carboxylic acids is 1. The summed E-state index contributed by atoms with van der Waals surface area (Å²) >= 11 is 0. The van der Waals surface area contributed by atoms with Gasteiger partial charge in [-0.05, 0) is 61.6 Å². The number of ether oxygens (including phenoxy) is 1. The van der Waals surface area contributed by atoms with Crippen LogP contribution >= 0.6 is 0 Å². The van der Waals surface area contributed by atoms with E-state index in [1.54, 1.807) is 19.1 Å². The zero-order valence-corrected chi connectivity index (χ0v) is 24.8. The number of hydrogen-bond donors (Lipinski definition) is 2. The van der Waals surface area contributed by atoms with Crippen LogP contribution in [0.3, 0.4) is 0 Å². The summed E-state index contributed by atoms with van der Waals surface area (Å²) in [6.07, 6.45) is 3.48. The van der Waals surface area contributed by atoms with Gasteiger partial charge in [-0.1, -0.05) is 54.1 Å². The second kappa shape index (κ2) is 11.1. The number of carboxylic acid groups (broad SMARTS) is 1. The predicted molar refractivity (Wildman–Crippen MR) is 166 cm³/mol. The Bertz CT molecular complexity index is 1950. The number of rotatable bonds is 6. The summed E-state index contributed by atoms with van der Waals surface area (Å²) in [5.41, 5.74) is 3.01. The molecule has 1 saturated heterocycles. The van der Waals surface area contributed by atoms with Gasteiger partial charge in [0.1, 0.15) is 18.1 Å². The molecule has 230 valence electrons. The fourth-order valence-corrected chi connectivity index (χ4v) is 7.35. The maximum absolute atomic E-state index is 14.1. The summed E-state index contributed by atoms with van der Waals surface area (Å²) in [6.45, 7) is 1.87. The molecule has 0 unspecified atom stereocenters. The van der Waals surface area contributed by atoms with E-state index < -0.39 is 41.5 Å². The van der Waals surface area contributed by atoms with E-state index in [0.29, 0.717) is 22.5 Å². The van der Waals surface area contributed by atoms with E-state index in [1.165, 1.54) is 36.4 Å². The number of nitrogens with zero attached hydrogens (tertiary/aromatic N) is 1. The van der Waals surface area contributed by atoms with Crippen molar-refractivity contribution in [1.29, 1.82) is 0 Å². The van der Waals surface area contributed by atoms with Gasteiger partial charge in [0.2, 0.25) is 11.8 Å². The molecule has 9 heteroatoms. The first kappa shape index (κ1) is 29.2. The van der Waals surface area contributed by atoms with Gasteiger partial charge in [0.15, 0.2) is 11.6 Å². The molecular formula is C37H29NO8. The summed E-state index contributed by atoms with van der Waals surface area (Å²) in [5, 5.41) is 20.8. The number of phenols is 1. The minimum Gasteiger partial charge on any atom is -0.507 e. The number of benzene rings is 3. The van der Waals surface area contributed by atoms with Crippen LogP contribution < -0.4 is 9.64 Å². The summed E-state index contributed by atoms with van der Waals surface area (Å²) in [6, 6.07) is 20.1. The highest BCUT2D eigenvalue weighted by molar-refractivity contribution is 6.25. The van der Waals surface area contributed by atoms with Crippen LogP contribution in [0, 0.1) is 17.8 Å². The Balaban J connectivity index is 1.28. The summed E-state index contributed by atoms with van der Waals surface area (Å²) in [4.78, 5) is 67.5. The van der Waals surface area contributed by atoms with E-state index in [-0.39, 0.29) is 59.2 Å². The van der Waals surface area contributed by atoms with Crippen molar-refractivity contribution >= 4 is 35.0 Å². The van der Waals surface area contributed by atoms with Crippen molar-refractivity contribution in [2.45, 2.75) is 32.3 Å². The van der Waals surface area contributed by atoms with Gasteiger partial charge >= 0.3 is 5.97 Å². The molecule has 0 radical (unpaired) electrons. The first-order valence-corrected chi connectivity index (χ1v) is 15.0. The number of allylic oxidation sites excluding steroid dienone is 6. The Morgan fingerprint density at radius 3 is 2.46 bits per heavy atom. The average Bonchev–Trinajstić information content (AvgIpc) is 3.31. The summed E-state index contributed by atoms with van der Waals surface area (Å²) < 4.78 is 5.90. The number of fused-ring (bicyclic) bond motifs is 3. The van der Waals surface area contributed by atoms with Crippen LogP contribution in [-0.4, -0.2) is 39.6 Å². The predicted octanol–water partition coefficient (Wildman–Crippen LogP) is 5.30. The molecule has 9 nitrogen and oxygen atoms in total. The SMILES string of the molecule is CC1=CC(=O)C2=C(C1=O)[C@@H](c1ccc(OCc3ccccc3)cc1O)C1=CC[C@@H]3C(=O)N(c4cccc(C(=O)O)c4)C(=O)[C@@H]3[C@@H]1C2. The zero-order chi connectivity index (χ0) is 32.3. The lowest BCUT2D eigenvalue weighted by Crippen LogP contribution is -2.39. The van der Waals surface area contributed by atoms with Gasteiger partial charge in [-0.25, -0.2) is 4.79 Å². The molecule has 0 aromatic heterocycles.